The van der Waals surface area contributed by atoms with Crippen molar-refractivity contribution in [3.8, 4) is 11.1 Å². The van der Waals surface area contributed by atoms with E-state index in [9.17, 15) is 0 Å². The quantitative estimate of drug-likeness (QED) is 0.515. The molecule has 0 bridgehead atoms. The fourth-order valence-corrected chi connectivity index (χ4v) is 4.32. The second-order valence-electron chi connectivity index (χ2n) is 8.89. The van der Waals surface area contributed by atoms with Crippen LogP contribution in [0.15, 0.2) is 36.7 Å². The molecule has 0 amide bonds. The highest BCUT2D eigenvalue weighted by molar-refractivity contribution is 5.93. The van der Waals surface area contributed by atoms with Gasteiger partial charge < -0.3 is 10.3 Å². The zero-order valence-electron chi connectivity index (χ0n) is 19.2. The zero-order valence-corrected chi connectivity index (χ0v) is 19.2. The first-order valence-corrected chi connectivity index (χ1v) is 11.8. The van der Waals surface area contributed by atoms with Gasteiger partial charge in [-0.25, -0.2) is 4.98 Å². The summed E-state index contributed by atoms with van der Waals surface area (Å²) in [6.07, 6.45) is 7.50. The minimum atomic E-state index is 0.641. The molecule has 0 spiro atoms. The predicted octanol–water partition coefficient (Wildman–Crippen LogP) is 4.75. The summed E-state index contributed by atoms with van der Waals surface area (Å²) in [5.41, 5.74) is 4.61. The van der Waals surface area contributed by atoms with Crippen LogP contribution in [0.3, 0.4) is 0 Å². The van der Waals surface area contributed by atoms with Crippen LogP contribution in [0.1, 0.15) is 45.6 Å². The van der Waals surface area contributed by atoms with Gasteiger partial charge in [0.1, 0.15) is 5.65 Å². The fourth-order valence-electron chi connectivity index (χ4n) is 4.32. The van der Waals surface area contributed by atoms with Crippen LogP contribution in [-0.2, 0) is 6.54 Å². The highest BCUT2D eigenvalue weighted by Gasteiger charge is 2.17. The molecular formula is C25H36N6. The summed E-state index contributed by atoms with van der Waals surface area (Å²) in [6.45, 7) is 13.4. The first-order chi connectivity index (χ1) is 15.1. The number of unbranched alkanes of at least 4 members (excludes halogenated alkanes) is 1. The predicted molar refractivity (Wildman–Crippen MR) is 129 cm³/mol. The smallest absolute Gasteiger partial charge is 0.224 e. The number of anilines is 1. The van der Waals surface area contributed by atoms with Gasteiger partial charge in [-0.15, -0.1) is 0 Å². The van der Waals surface area contributed by atoms with Crippen molar-refractivity contribution < 1.29 is 0 Å². The topological polar surface area (TPSA) is 60.1 Å². The van der Waals surface area contributed by atoms with Crippen molar-refractivity contribution >= 4 is 17.0 Å². The van der Waals surface area contributed by atoms with Gasteiger partial charge in [0, 0.05) is 55.6 Å². The zero-order chi connectivity index (χ0) is 21.6. The van der Waals surface area contributed by atoms with Crippen LogP contribution in [0.25, 0.3) is 22.2 Å². The lowest BCUT2D eigenvalue weighted by Gasteiger charge is -2.25. The summed E-state index contributed by atoms with van der Waals surface area (Å²) in [5, 5.41) is 4.36. The highest BCUT2D eigenvalue weighted by atomic mass is 15.2. The molecule has 4 rings (SSSR count). The molecule has 2 aromatic heterocycles. The lowest BCUT2D eigenvalue weighted by atomic mass is 10.0. The van der Waals surface area contributed by atoms with Gasteiger partial charge in [0.25, 0.3) is 0 Å². The molecule has 0 atom stereocenters. The Morgan fingerprint density at radius 3 is 2.71 bits per heavy atom. The molecule has 3 heterocycles. The van der Waals surface area contributed by atoms with E-state index in [0.717, 1.165) is 49.1 Å². The standard InChI is InChI=1S/C25H36N6/c1-4-5-11-26-25-28-17-23-22(16-27-24(23)29-25)21-9-7-20(8-10-21)18-30-12-6-13-31(15-14-30)19(2)3/h7-10,16-17,19H,4-6,11-15,18H2,1-3H3,(H2,26,27,28,29). The van der Waals surface area contributed by atoms with E-state index in [1.165, 1.54) is 37.2 Å². The number of nitrogens with zero attached hydrogens (tertiary/aromatic N) is 4. The van der Waals surface area contributed by atoms with Gasteiger partial charge in [-0.3, -0.25) is 9.80 Å². The van der Waals surface area contributed by atoms with Gasteiger partial charge in [0.2, 0.25) is 5.95 Å². The third-order valence-corrected chi connectivity index (χ3v) is 6.27. The fraction of sp³-hybridized carbons (Fsp3) is 0.520. The van der Waals surface area contributed by atoms with Gasteiger partial charge in [-0.2, -0.15) is 4.98 Å². The number of hydrogen-bond acceptors (Lipinski definition) is 5. The number of benzene rings is 1. The van der Waals surface area contributed by atoms with Gasteiger partial charge >= 0.3 is 0 Å². The molecule has 6 heteroatoms. The number of hydrogen-bond donors (Lipinski definition) is 2. The second kappa shape index (κ2) is 10.2. The molecule has 3 aromatic rings. The maximum atomic E-state index is 4.63. The SMILES string of the molecule is CCCCNc1ncc2c(-c3ccc(CN4CCCN(C(C)C)CC4)cc3)c[nH]c2n1. The third-order valence-electron chi connectivity index (χ3n) is 6.27. The van der Waals surface area contributed by atoms with Gasteiger partial charge in [-0.05, 0) is 50.9 Å². The molecule has 0 radical (unpaired) electrons. The Morgan fingerprint density at radius 2 is 1.94 bits per heavy atom. The number of nitrogens with one attached hydrogen (secondary N) is 2. The van der Waals surface area contributed by atoms with E-state index in [1.54, 1.807) is 0 Å². The average Bonchev–Trinajstić information content (AvgIpc) is 3.04. The number of fused-ring (bicyclic) bond motifs is 1. The molecule has 0 aliphatic carbocycles. The highest BCUT2D eigenvalue weighted by Crippen LogP contribution is 2.28. The molecule has 1 fully saturated rings. The molecule has 0 unspecified atom stereocenters. The summed E-state index contributed by atoms with van der Waals surface area (Å²) < 4.78 is 0. The molecule has 1 aliphatic rings. The summed E-state index contributed by atoms with van der Waals surface area (Å²) in [6, 6.07) is 9.62. The van der Waals surface area contributed by atoms with Crippen molar-refractivity contribution in [3.05, 3.63) is 42.2 Å². The Hall–Kier alpha value is -2.44. The number of aromatic nitrogens is 3. The molecule has 1 aromatic carbocycles. The molecule has 0 saturated carbocycles. The minimum Gasteiger partial charge on any atom is -0.354 e. The van der Waals surface area contributed by atoms with Crippen molar-refractivity contribution in [3.63, 3.8) is 0 Å². The Labute approximate surface area is 186 Å². The third kappa shape index (κ3) is 5.43. The second-order valence-corrected chi connectivity index (χ2v) is 8.89. The van der Waals surface area contributed by atoms with Crippen molar-refractivity contribution in [1.29, 1.82) is 0 Å². The maximum Gasteiger partial charge on any atom is 0.224 e. The van der Waals surface area contributed by atoms with E-state index in [4.69, 9.17) is 0 Å². The van der Waals surface area contributed by atoms with Crippen LogP contribution in [-0.4, -0.2) is 63.5 Å². The molecule has 2 N–H and O–H groups in total. The first kappa shape index (κ1) is 21.8. The van der Waals surface area contributed by atoms with Gasteiger partial charge in [-0.1, -0.05) is 37.6 Å². The minimum absolute atomic E-state index is 0.641. The Kier molecular flexibility index (Phi) is 7.20. The molecule has 1 aliphatic heterocycles. The van der Waals surface area contributed by atoms with Crippen molar-refractivity contribution in [2.24, 2.45) is 0 Å². The monoisotopic (exact) mass is 420 g/mol. The van der Waals surface area contributed by atoms with Crippen LogP contribution >= 0.6 is 0 Å². The molecule has 1 saturated heterocycles. The van der Waals surface area contributed by atoms with Crippen LogP contribution < -0.4 is 5.32 Å². The van der Waals surface area contributed by atoms with Gasteiger partial charge in [0.15, 0.2) is 0 Å². The van der Waals surface area contributed by atoms with E-state index >= 15 is 0 Å². The Bertz CT molecular complexity index is 962. The lowest BCUT2D eigenvalue weighted by molar-refractivity contribution is 0.218. The van der Waals surface area contributed by atoms with E-state index < -0.39 is 0 Å². The first-order valence-electron chi connectivity index (χ1n) is 11.8. The normalized spacial score (nSPS) is 16.1. The van der Waals surface area contributed by atoms with E-state index in [0.29, 0.717) is 12.0 Å². The lowest BCUT2D eigenvalue weighted by Crippen LogP contribution is -2.34. The van der Waals surface area contributed by atoms with E-state index in [2.05, 4.69) is 75.1 Å². The van der Waals surface area contributed by atoms with Crippen molar-refractivity contribution in [2.75, 3.05) is 38.0 Å². The molecular weight excluding hydrogens is 384 g/mol. The van der Waals surface area contributed by atoms with Crippen LogP contribution in [0.5, 0.6) is 0 Å². The summed E-state index contributed by atoms with van der Waals surface area (Å²) in [7, 11) is 0. The van der Waals surface area contributed by atoms with Crippen LogP contribution in [0.4, 0.5) is 5.95 Å². The summed E-state index contributed by atoms with van der Waals surface area (Å²) in [5.74, 6) is 0.693. The Balaban J connectivity index is 1.41. The summed E-state index contributed by atoms with van der Waals surface area (Å²) in [4.78, 5) is 17.6. The molecule has 31 heavy (non-hydrogen) atoms. The van der Waals surface area contributed by atoms with E-state index in [1.807, 2.05) is 12.4 Å². The van der Waals surface area contributed by atoms with E-state index in [-0.39, 0.29) is 0 Å². The molecule has 166 valence electrons. The van der Waals surface area contributed by atoms with Crippen molar-refractivity contribution in [2.45, 2.75) is 52.6 Å². The largest absolute Gasteiger partial charge is 0.354 e. The molecule has 6 nitrogen and oxygen atoms in total. The number of rotatable bonds is 8. The number of aromatic amines is 1. The summed E-state index contributed by atoms with van der Waals surface area (Å²) >= 11 is 0. The van der Waals surface area contributed by atoms with Crippen LogP contribution in [0.2, 0.25) is 0 Å². The van der Waals surface area contributed by atoms with Crippen molar-refractivity contribution in [1.82, 2.24) is 24.8 Å². The average molecular weight is 421 g/mol. The van der Waals surface area contributed by atoms with Gasteiger partial charge in [0.05, 0.1) is 0 Å². The van der Waals surface area contributed by atoms with Crippen LogP contribution in [0, 0.1) is 0 Å². The maximum absolute atomic E-state index is 4.63. The number of H-pyrrole nitrogens is 1. The Morgan fingerprint density at radius 1 is 1.10 bits per heavy atom.